The van der Waals surface area contributed by atoms with E-state index in [1.54, 1.807) is 6.20 Å². The molecule has 4 heteroatoms. The van der Waals surface area contributed by atoms with Crippen LogP contribution in [0.1, 0.15) is 52.1 Å². The predicted octanol–water partition coefficient (Wildman–Crippen LogP) is 2.43. The molecule has 0 aliphatic heterocycles. The molecule has 0 spiro atoms. The van der Waals surface area contributed by atoms with Crippen LogP contribution < -0.4 is 10.6 Å². The predicted molar refractivity (Wildman–Crippen MR) is 77.8 cm³/mol. The molecule has 0 saturated heterocycles. The second-order valence-electron chi connectivity index (χ2n) is 4.92. The molecule has 1 heterocycles. The lowest BCUT2D eigenvalue weighted by atomic mass is 10.1. The van der Waals surface area contributed by atoms with Crippen molar-refractivity contribution in [2.45, 2.75) is 58.7 Å². The van der Waals surface area contributed by atoms with E-state index in [1.807, 2.05) is 32.2 Å². The average Bonchev–Trinajstić information content (AvgIpc) is 2.45. The van der Waals surface area contributed by atoms with Crippen molar-refractivity contribution in [2.75, 3.05) is 0 Å². The van der Waals surface area contributed by atoms with E-state index in [4.69, 9.17) is 0 Å². The third-order valence-corrected chi connectivity index (χ3v) is 3.41. The first-order valence-corrected chi connectivity index (χ1v) is 7.04. The van der Waals surface area contributed by atoms with Crippen molar-refractivity contribution in [3.63, 3.8) is 0 Å². The van der Waals surface area contributed by atoms with Crippen LogP contribution in [0.4, 0.5) is 0 Å². The first kappa shape index (κ1) is 15.6. The van der Waals surface area contributed by atoms with Gasteiger partial charge in [-0.15, -0.1) is 0 Å². The summed E-state index contributed by atoms with van der Waals surface area (Å²) in [6.45, 7) is 8.11. The Balaban J connectivity index is 2.50. The molecule has 1 unspecified atom stereocenters. The third kappa shape index (κ3) is 4.99. The molecule has 0 saturated carbocycles. The molecule has 2 atom stereocenters. The minimum Gasteiger partial charge on any atom is -0.352 e. The number of carbonyl (C=O) groups is 1. The van der Waals surface area contributed by atoms with E-state index in [-0.39, 0.29) is 24.0 Å². The zero-order chi connectivity index (χ0) is 14.3. The largest absolute Gasteiger partial charge is 0.352 e. The maximum Gasteiger partial charge on any atom is 0.237 e. The zero-order valence-electron chi connectivity index (χ0n) is 12.3. The molecular formula is C15H25N3O. The van der Waals surface area contributed by atoms with Crippen LogP contribution in [0.3, 0.4) is 0 Å². The summed E-state index contributed by atoms with van der Waals surface area (Å²) in [5.41, 5.74) is 1.09. The molecule has 2 N–H and O–H groups in total. The van der Waals surface area contributed by atoms with Gasteiger partial charge in [-0.3, -0.25) is 15.1 Å². The van der Waals surface area contributed by atoms with Crippen molar-refractivity contribution in [1.29, 1.82) is 0 Å². The quantitative estimate of drug-likeness (QED) is 0.794. The van der Waals surface area contributed by atoms with Crippen LogP contribution in [0.25, 0.3) is 0 Å². The highest BCUT2D eigenvalue weighted by Crippen LogP contribution is 2.10. The van der Waals surface area contributed by atoms with Crippen molar-refractivity contribution in [3.8, 4) is 0 Å². The van der Waals surface area contributed by atoms with Gasteiger partial charge >= 0.3 is 0 Å². The van der Waals surface area contributed by atoms with Crippen LogP contribution >= 0.6 is 0 Å². The number of aromatic nitrogens is 1. The van der Waals surface area contributed by atoms with E-state index < -0.39 is 0 Å². The normalized spacial score (nSPS) is 14.2. The summed E-state index contributed by atoms with van der Waals surface area (Å²) in [5, 5.41) is 6.35. The molecule has 0 aliphatic rings. The van der Waals surface area contributed by atoms with Gasteiger partial charge in [-0.05, 0) is 38.3 Å². The van der Waals surface area contributed by atoms with E-state index in [1.165, 1.54) is 0 Å². The molecule has 0 fully saturated rings. The van der Waals surface area contributed by atoms with Gasteiger partial charge in [0, 0.05) is 24.5 Å². The van der Waals surface area contributed by atoms with Crippen LogP contribution in [0.15, 0.2) is 24.5 Å². The molecule has 1 rings (SSSR count). The maximum absolute atomic E-state index is 12.0. The fraction of sp³-hybridized carbons (Fsp3) is 0.600. The number of amides is 1. The maximum atomic E-state index is 12.0. The lowest BCUT2D eigenvalue weighted by Crippen LogP contribution is -2.46. The van der Waals surface area contributed by atoms with E-state index in [2.05, 4.69) is 29.5 Å². The molecule has 0 aromatic carbocycles. The van der Waals surface area contributed by atoms with Gasteiger partial charge in [0.2, 0.25) is 5.91 Å². The van der Waals surface area contributed by atoms with Crippen molar-refractivity contribution in [1.82, 2.24) is 15.6 Å². The van der Waals surface area contributed by atoms with Gasteiger partial charge < -0.3 is 5.32 Å². The second-order valence-corrected chi connectivity index (χ2v) is 4.92. The summed E-state index contributed by atoms with van der Waals surface area (Å²) in [6, 6.07) is 4.08. The Morgan fingerprint density at radius 2 is 2.00 bits per heavy atom. The standard InChI is InChI=1S/C15H25N3O/c1-5-14(6-2)18-15(19)12(4)17-11(3)13-8-7-9-16-10-13/h7-12,14,17H,5-6H2,1-4H3,(H,18,19)/t11-,12?/m0/s1. The molecule has 0 radical (unpaired) electrons. The minimum absolute atomic E-state index is 0.0597. The van der Waals surface area contributed by atoms with E-state index in [9.17, 15) is 4.79 Å². The molecule has 0 aliphatic carbocycles. The highest BCUT2D eigenvalue weighted by atomic mass is 16.2. The van der Waals surface area contributed by atoms with E-state index in [0.717, 1.165) is 18.4 Å². The minimum atomic E-state index is -0.212. The van der Waals surface area contributed by atoms with Crippen molar-refractivity contribution < 1.29 is 4.79 Å². The lowest BCUT2D eigenvalue weighted by Gasteiger charge is -2.22. The Kier molecular flexibility index (Phi) is 6.50. The van der Waals surface area contributed by atoms with Crippen LogP contribution in [0.2, 0.25) is 0 Å². The molecule has 106 valence electrons. The van der Waals surface area contributed by atoms with Gasteiger partial charge in [0.05, 0.1) is 6.04 Å². The summed E-state index contributed by atoms with van der Waals surface area (Å²) in [5.74, 6) is 0.0597. The van der Waals surface area contributed by atoms with Crippen molar-refractivity contribution in [3.05, 3.63) is 30.1 Å². The van der Waals surface area contributed by atoms with Crippen LogP contribution in [-0.2, 0) is 4.79 Å². The molecule has 1 aromatic rings. The summed E-state index contributed by atoms with van der Waals surface area (Å²) >= 11 is 0. The lowest BCUT2D eigenvalue weighted by molar-refractivity contribution is -0.123. The average molecular weight is 263 g/mol. The Morgan fingerprint density at radius 3 is 2.53 bits per heavy atom. The molecule has 0 bridgehead atoms. The molecule has 19 heavy (non-hydrogen) atoms. The van der Waals surface area contributed by atoms with Crippen LogP contribution in [0, 0.1) is 0 Å². The number of nitrogens with zero attached hydrogens (tertiary/aromatic N) is 1. The third-order valence-electron chi connectivity index (χ3n) is 3.41. The Morgan fingerprint density at radius 1 is 1.32 bits per heavy atom. The van der Waals surface area contributed by atoms with Gasteiger partial charge in [-0.25, -0.2) is 0 Å². The smallest absolute Gasteiger partial charge is 0.237 e. The molecular weight excluding hydrogens is 238 g/mol. The molecule has 4 nitrogen and oxygen atoms in total. The zero-order valence-corrected chi connectivity index (χ0v) is 12.3. The number of hydrogen-bond donors (Lipinski definition) is 2. The Bertz CT molecular complexity index is 376. The number of carbonyl (C=O) groups excluding carboxylic acids is 1. The van der Waals surface area contributed by atoms with Gasteiger partial charge in [-0.1, -0.05) is 19.9 Å². The number of nitrogens with one attached hydrogen (secondary N) is 2. The number of rotatable bonds is 7. The van der Waals surface area contributed by atoms with Crippen LogP contribution in [0.5, 0.6) is 0 Å². The number of hydrogen-bond acceptors (Lipinski definition) is 3. The van der Waals surface area contributed by atoms with Gasteiger partial charge in [0.1, 0.15) is 0 Å². The summed E-state index contributed by atoms with van der Waals surface area (Å²) in [7, 11) is 0. The Hall–Kier alpha value is -1.42. The van der Waals surface area contributed by atoms with Gasteiger partial charge in [0.15, 0.2) is 0 Å². The first-order chi connectivity index (χ1) is 9.08. The molecule has 1 amide bonds. The number of pyridine rings is 1. The first-order valence-electron chi connectivity index (χ1n) is 7.04. The second kappa shape index (κ2) is 7.89. The van der Waals surface area contributed by atoms with E-state index >= 15 is 0 Å². The molecule has 1 aromatic heterocycles. The van der Waals surface area contributed by atoms with Gasteiger partial charge in [0.25, 0.3) is 0 Å². The van der Waals surface area contributed by atoms with Gasteiger partial charge in [-0.2, -0.15) is 0 Å². The summed E-state index contributed by atoms with van der Waals surface area (Å²) in [4.78, 5) is 16.1. The highest BCUT2D eigenvalue weighted by Gasteiger charge is 2.18. The summed E-state index contributed by atoms with van der Waals surface area (Å²) in [6.07, 6.45) is 5.50. The van der Waals surface area contributed by atoms with Crippen LogP contribution in [-0.4, -0.2) is 23.0 Å². The van der Waals surface area contributed by atoms with Crippen molar-refractivity contribution in [2.24, 2.45) is 0 Å². The Labute approximate surface area is 116 Å². The monoisotopic (exact) mass is 263 g/mol. The SMILES string of the molecule is CCC(CC)NC(=O)C(C)N[C@@H](C)c1cccnc1. The topological polar surface area (TPSA) is 54.0 Å². The highest BCUT2D eigenvalue weighted by molar-refractivity contribution is 5.81. The fourth-order valence-corrected chi connectivity index (χ4v) is 2.00. The van der Waals surface area contributed by atoms with E-state index in [0.29, 0.717) is 0 Å². The summed E-state index contributed by atoms with van der Waals surface area (Å²) < 4.78 is 0. The van der Waals surface area contributed by atoms with Crippen molar-refractivity contribution >= 4 is 5.91 Å². The fourth-order valence-electron chi connectivity index (χ4n) is 2.00.